The maximum atomic E-state index is 12.7. The molecule has 2 heterocycles. The van der Waals surface area contributed by atoms with E-state index in [2.05, 4.69) is 27.5 Å². The van der Waals surface area contributed by atoms with E-state index in [0.717, 1.165) is 32.1 Å². The molecule has 2 aromatic rings. The van der Waals surface area contributed by atoms with E-state index in [4.69, 9.17) is 0 Å². The number of carbonyl (C=O) groups excluding carboxylic acids is 2. The minimum Gasteiger partial charge on any atom is -0.354 e. The average Bonchev–Trinajstić information content (AvgIpc) is 3.13. The number of nitrogens with one attached hydrogen (secondary N) is 3. The van der Waals surface area contributed by atoms with Crippen molar-refractivity contribution in [2.45, 2.75) is 85.7 Å². The zero-order chi connectivity index (χ0) is 24.4. The molecule has 0 radical (unpaired) electrons. The summed E-state index contributed by atoms with van der Waals surface area (Å²) in [6.07, 6.45) is 5.19. The number of aromatic nitrogens is 4. The van der Waals surface area contributed by atoms with Crippen LogP contribution >= 0.6 is 0 Å². The molecule has 2 rings (SSSR count). The van der Waals surface area contributed by atoms with Crippen LogP contribution in [0.15, 0.2) is 9.59 Å². The third kappa shape index (κ3) is 7.30. The number of aryl methyl sites for hydroxylation is 3. The van der Waals surface area contributed by atoms with E-state index < -0.39 is 11.2 Å². The summed E-state index contributed by atoms with van der Waals surface area (Å²) in [5.74, 6) is 0.327. The monoisotopic (exact) mass is 462 g/mol. The van der Waals surface area contributed by atoms with Crippen molar-refractivity contribution in [3.05, 3.63) is 26.7 Å². The smallest absolute Gasteiger partial charge is 0.330 e. The van der Waals surface area contributed by atoms with Gasteiger partial charge >= 0.3 is 5.69 Å². The van der Waals surface area contributed by atoms with Crippen molar-refractivity contribution in [3.63, 3.8) is 0 Å². The lowest BCUT2D eigenvalue weighted by Gasteiger charge is -2.10. The number of imidazole rings is 1. The Morgan fingerprint density at radius 3 is 2.30 bits per heavy atom. The minimum atomic E-state index is -0.452. The molecule has 10 heteroatoms. The molecule has 0 spiro atoms. The molecule has 0 unspecified atom stereocenters. The summed E-state index contributed by atoms with van der Waals surface area (Å²) in [7, 11) is 0. The Hall–Kier alpha value is -2.91. The molecule has 3 N–H and O–H groups in total. The molecule has 0 aliphatic carbocycles. The standard InChI is InChI=1S/C23H38N6O4/c1-5-7-9-15-28-17(10-11-18(30)24-12-13-25-21(31)16(3)4)26-20-19(28)22(32)27-23(33)29(20)14-8-6-2/h16H,5-15H2,1-4H3,(H,24,30)(H,25,31)(H,27,32,33). The van der Waals surface area contributed by atoms with Crippen LogP contribution in [-0.4, -0.2) is 44.0 Å². The Bertz CT molecular complexity index is 1050. The number of fused-ring (bicyclic) bond motifs is 1. The fourth-order valence-electron chi connectivity index (χ4n) is 3.60. The molecule has 10 nitrogen and oxygen atoms in total. The second-order valence-electron chi connectivity index (χ2n) is 8.62. The van der Waals surface area contributed by atoms with Gasteiger partial charge in [-0.3, -0.25) is 23.9 Å². The minimum absolute atomic E-state index is 0.0515. The van der Waals surface area contributed by atoms with Crippen LogP contribution in [0.1, 0.15) is 72.0 Å². The maximum absolute atomic E-state index is 12.7. The van der Waals surface area contributed by atoms with Gasteiger partial charge in [0, 0.05) is 44.9 Å². The Morgan fingerprint density at radius 1 is 0.970 bits per heavy atom. The van der Waals surface area contributed by atoms with Crippen molar-refractivity contribution >= 4 is 23.0 Å². The average molecular weight is 463 g/mol. The van der Waals surface area contributed by atoms with Crippen LogP contribution in [0.4, 0.5) is 0 Å². The first-order valence-corrected chi connectivity index (χ1v) is 12.1. The van der Waals surface area contributed by atoms with E-state index in [1.54, 1.807) is 0 Å². The molecule has 33 heavy (non-hydrogen) atoms. The highest BCUT2D eigenvalue weighted by Crippen LogP contribution is 2.15. The molecule has 0 fully saturated rings. The first-order chi connectivity index (χ1) is 15.8. The third-order valence-electron chi connectivity index (χ3n) is 5.53. The zero-order valence-corrected chi connectivity index (χ0v) is 20.3. The van der Waals surface area contributed by atoms with E-state index in [-0.39, 0.29) is 24.2 Å². The highest BCUT2D eigenvalue weighted by Gasteiger charge is 2.19. The molecule has 0 aliphatic rings. The summed E-state index contributed by atoms with van der Waals surface area (Å²) in [6.45, 7) is 9.58. The number of H-pyrrole nitrogens is 1. The lowest BCUT2D eigenvalue weighted by atomic mass is 10.2. The summed E-state index contributed by atoms with van der Waals surface area (Å²) < 4.78 is 3.39. The predicted octanol–water partition coefficient (Wildman–Crippen LogP) is 1.70. The van der Waals surface area contributed by atoms with Gasteiger partial charge in [-0.2, -0.15) is 0 Å². The largest absolute Gasteiger partial charge is 0.354 e. The number of unbranched alkanes of at least 4 members (excludes halogenated alkanes) is 3. The van der Waals surface area contributed by atoms with Crippen LogP contribution in [0.3, 0.4) is 0 Å². The number of nitrogens with zero attached hydrogens (tertiary/aromatic N) is 3. The molecule has 0 aliphatic heterocycles. The Balaban J connectivity index is 2.18. The van der Waals surface area contributed by atoms with Crippen molar-refractivity contribution in [3.8, 4) is 0 Å². The second kappa shape index (κ2) is 13.0. The maximum Gasteiger partial charge on any atom is 0.330 e. The van der Waals surface area contributed by atoms with E-state index in [0.29, 0.717) is 49.6 Å². The lowest BCUT2D eigenvalue weighted by molar-refractivity contribution is -0.124. The summed E-state index contributed by atoms with van der Waals surface area (Å²) in [5, 5.41) is 5.56. The number of rotatable bonds is 14. The molecular weight excluding hydrogens is 424 g/mol. The molecule has 2 amide bonds. The number of carbonyl (C=O) groups is 2. The molecule has 0 aromatic carbocycles. The van der Waals surface area contributed by atoms with E-state index >= 15 is 0 Å². The van der Waals surface area contributed by atoms with E-state index in [1.165, 1.54) is 4.57 Å². The first-order valence-electron chi connectivity index (χ1n) is 12.1. The van der Waals surface area contributed by atoms with Crippen molar-refractivity contribution in [2.24, 2.45) is 5.92 Å². The van der Waals surface area contributed by atoms with Gasteiger partial charge in [-0.1, -0.05) is 47.0 Å². The van der Waals surface area contributed by atoms with Crippen molar-refractivity contribution in [2.75, 3.05) is 13.1 Å². The Morgan fingerprint density at radius 2 is 1.64 bits per heavy atom. The molecular formula is C23H38N6O4. The highest BCUT2D eigenvalue weighted by molar-refractivity contribution is 5.78. The van der Waals surface area contributed by atoms with Crippen LogP contribution in [0, 0.1) is 5.92 Å². The predicted molar refractivity (Wildman–Crippen MR) is 128 cm³/mol. The van der Waals surface area contributed by atoms with Crippen LogP contribution in [0.5, 0.6) is 0 Å². The molecule has 0 saturated carbocycles. The van der Waals surface area contributed by atoms with Gasteiger partial charge in [0.1, 0.15) is 5.82 Å². The topological polar surface area (TPSA) is 131 Å². The number of aromatic amines is 1. The van der Waals surface area contributed by atoms with Gasteiger partial charge < -0.3 is 15.2 Å². The van der Waals surface area contributed by atoms with Gasteiger partial charge in [-0.25, -0.2) is 9.78 Å². The highest BCUT2D eigenvalue weighted by atomic mass is 16.2. The van der Waals surface area contributed by atoms with Crippen LogP contribution in [-0.2, 0) is 29.1 Å². The number of amides is 2. The second-order valence-corrected chi connectivity index (χ2v) is 8.62. The van der Waals surface area contributed by atoms with Gasteiger partial charge in [0.2, 0.25) is 11.8 Å². The van der Waals surface area contributed by atoms with E-state index in [9.17, 15) is 19.2 Å². The summed E-state index contributed by atoms with van der Waals surface area (Å²) >= 11 is 0. The van der Waals surface area contributed by atoms with Gasteiger partial charge in [0.25, 0.3) is 5.56 Å². The number of hydrogen-bond acceptors (Lipinski definition) is 5. The van der Waals surface area contributed by atoms with Crippen LogP contribution in [0.25, 0.3) is 11.2 Å². The first kappa shape index (κ1) is 26.3. The fraction of sp³-hybridized carbons (Fsp3) is 0.696. The normalized spacial score (nSPS) is 11.3. The fourth-order valence-corrected chi connectivity index (χ4v) is 3.60. The number of hydrogen-bond donors (Lipinski definition) is 3. The lowest BCUT2D eigenvalue weighted by Crippen LogP contribution is -2.36. The van der Waals surface area contributed by atoms with Crippen molar-refractivity contribution < 1.29 is 9.59 Å². The van der Waals surface area contributed by atoms with Gasteiger partial charge in [-0.15, -0.1) is 0 Å². The Kier molecular flexibility index (Phi) is 10.3. The molecule has 2 aromatic heterocycles. The molecule has 184 valence electrons. The van der Waals surface area contributed by atoms with Gasteiger partial charge in [0.15, 0.2) is 11.2 Å². The van der Waals surface area contributed by atoms with Gasteiger partial charge in [-0.05, 0) is 12.8 Å². The van der Waals surface area contributed by atoms with Crippen LogP contribution < -0.4 is 21.9 Å². The van der Waals surface area contributed by atoms with Crippen LogP contribution in [0.2, 0.25) is 0 Å². The quantitative estimate of drug-likeness (QED) is 0.368. The molecule has 0 atom stereocenters. The van der Waals surface area contributed by atoms with E-state index in [1.807, 2.05) is 25.3 Å². The third-order valence-corrected chi connectivity index (χ3v) is 5.53. The summed E-state index contributed by atoms with van der Waals surface area (Å²) in [4.78, 5) is 56.1. The van der Waals surface area contributed by atoms with Crippen molar-refractivity contribution in [1.82, 2.24) is 29.7 Å². The molecule has 0 saturated heterocycles. The Labute approximate surface area is 194 Å². The molecule has 0 bridgehead atoms. The summed E-state index contributed by atoms with van der Waals surface area (Å²) in [6, 6.07) is 0. The van der Waals surface area contributed by atoms with Gasteiger partial charge in [0.05, 0.1) is 0 Å². The SMILES string of the molecule is CCCCCn1c(CCC(=O)NCCNC(=O)C(C)C)nc2c1c(=O)[nH]c(=O)n2CCCC. The summed E-state index contributed by atoms with van der Waals surface area (Å²) in [5.41, 5.74) is -0.107. The van der Waals surface area contributed by atoms with Crippen molar-refractivity contribution in [1.29, 1.82) is 0 Å². The zero-order valence-electron chi connectivity index (χ0n) is 20.3.